The molecule has 0 aliphatic carbocycles. The van der Waals surface area contributed by atoms with Crippen LogP contribution in [0.2, 0.25) is 0 Å². The Bertz CT molecular complexity index is 840. The molecule has 1 N–H and O–H groups in total. The van der Waals surface area contributed by atoms with Gasteiger partial charge in [0.25, 0.3) is 5.91 Å². The maximum Gasteiger partial charge on any atom is 0.273 e. The number of hydrogen-bond donors (Lipinski definition) is 1. The van der Waals surface area contributed by atoms with Crippen molar-refractivity contribution in [2.24, 2.45) is 0 Å². The second-order valence-electron chi connectivity index (χ2n) is 6.06. The fraction of sp³-hybridized carbons (Fsp3) is 0.353. The van der Waals surface area contributed by atoms with Crippen molar-refractivity contribution in [3.05, 3.63) is 46.2 Å². The van der Waals surface area contributed by atoms with Gasteiger partial charge in [0.05, 0.1) is 16.5 Å². The van der Waals surface area contributed by atoms with Crippen LogP contribution in [0.3, 0.4) is 0 Å². The Kier molecular flexibility index (Phi) is 3.61. The molecule has 0 spiro atoms. The van der Waals surface area contributed by atoms with Gasteiger partial charge in [-0.15, -0.1) is 11.3 Å². The van der Waals surface area contributed by atoms with Crippen molar-refractivity contribution in [2.75, 3.05) is 13.1 Å². The van der Waals surface area contributed by atoms with Crippen LogP contribution < -0.4 is 0 Å². The second-order valence-corrected chi connectivity index (χ2v) is 6.78. The molecular weight excluding hydrogens is 308 g/mol. The van der Waals surface area contributed by atoms with Crippen molar-refractivity contribution >= 4 is 28.3 Å². The van der Waals surface area contributed by atoms with E-state index in [0.717, 1.165) is 36.2 Å². The normalized spacial score (nSPS) is 18.5. The molecule has 1 aliphatic heterocycles. The summed E-state index contributed by atoms with van der Waals surface area (Å²) in [7, 11) is 0. The maximum atomic E-state index is 12.5. The van der Waals surface area contributed by atoms with Crippen LogP contribution in [0.5, 0.6) is 0 Å². The largest absolute Gasteiger partial charge is 0.342 e. The molecule has 1 saturated heterocycles. The number of likely N-dealkylation sites (tertiary alicyclic amines) is 1. The number of nitrogens with zero attached hydrogens (tertiary/aromatic N) is 3. The van der Waals surface area contributed by atoms with Crippen LogP contribution in [0.15, 0.2) is 29.1 Å². The summed E-state index contributed by atoms with van der Waals surface area (Å²) in [6, 6.07) is 6.17. The Morgan fingerprint density at radius 3 is 3.13 bits per heavy atom. The number of carbonyl (C=O) groups excluding carboxylic acids is 1. The fourth-order valence-corrected chi connectivity index (χ4v) is 3.78. The highest BCUT2D eigenvalue weighted by atomic mass is 32.1. The Morgan fingerprint density at radius 2 is 2.35 bits per heavy atom. The third-order valence-corrected chi connectivity index (χ3v) is 5.07. The Morgan fingerprint density at radius 1 is 1.43 bits per heavy atom. The number of aromatic nitrogens is 3. The molecular formula is C17H18N4OS. The number of carbonyl (C=O) groups is 1. The smallest absolute Gasteiger partial charge is 0.273 e. The third kappa shape index (κ3) is 2.63. The van der Waals surface area contributed by atoms with E-state index in [4.69, 9.17) is 4.98 Å². The van der Waals surface area contributed by atoms with Gasteiger partial charge >= 0.3 is 0 Å². The van der Waals surface area contributed by atoms with Crippen LogP contribution >= 0.6 is 11.3 Å². The highest BCUT2D eigenvalue weighted by Gasteiger charge is 2.28. The summed E-state index contributed by atoms with van der Waals surface area (Å²) in [5.74, 6) is 1.28. The summed E-state index contributed by atoms with van der Waals surface area (Å²) in [6.45, 7) is 3.58. The minimum absolute atomic E-state index is 0.0308. The van der Waals surface area contributed by atoms with Crippen LogP contribution in [-0.2, 0) is 0 Å². The number of fused-ring (bicyclic) bond motifs is 1. The zero-order valence-electron chi connectivity index (χ0n) is 13.0. The number of aryl methyl sites for hydroxylation is 1. The van der Waals surface area contributed by atoms with Crippen molar-refractivity contribution in [2.45, 2.75) is 25.7 Å². The Hall–Kier alpha value is -2.21. The van der Waals surface area contributed by atoms with E-state index in [1.807, 2.05) is 16.3 Å². The summed E-state index contributed by atoms with van der Waals surface area (Å²) < 4.78 is 0. The highest BCUT2D eigenvalue weighted by molar-refractivity contribution is 7.07. The Balaban J connectivity index is 1.59. The van der Waals surface area contributed by atoms with Crippen LogP contribution in [0.4, 0.5) is 0 Å². The molecule has 0 unspecified atom stereocenters. The van der Waals surface area contributed by atoms with Gasteiger partial charge in [0, 0.05) is 24.4 Å². The number of H-pyrrole nitrogens is 1. The number of rotatable bonds is 2. The van der Waals surface area contributed by atoms with Gasteiger partial charge in [0.1, 0.15) is 11.5 Å². The molecule has 4 rings (SSSR count). The average molecular weight is 326 g/mol. The molecule has 3 aromatic rings. The van der Waals surface area contributed by atoms with E-state index in [9.17, 15) is 4.79 Å². The molecule has 0 bridgehead atoms. The van der Waals surface area contributed by atoms with Crippen molar-refractivity contribution in [3.63, 3.8) is 0 Å². The molecule has 5 nitrogen and oxygen atoms in total. The molecule has 1 aliphatic rings. The van der Waals surface area contributed by atoms with E-state index in [2.05, 4.69) is 29.0 Å². The van der Waals surface area contributed by atoms with Gasteiger partial charge in [-0.2, -0.15) is 0 Å². The number of para-hydroxylation sites is 1. The predicted octanol–water partition coefficient (Wildman–Crippen LogP) is 3.35. The molecule has 1 atom stereocenters. The molecule has 1 amide bonds. The minimum atomic E-state index is 0.0308. The number of aromatic amines is 1. The summed E-state index contributed by atoms with van der Waals surface area (Å²) in [6.07, 6.45) is 2.05. The van der Waals surface area contributed by atoms with Crippen LogP contribution in [-0.4, -0.2) is 38.8 Å². The zero-order valence-corrected chi connectivity index (χ0v) is 13.8. The maximum absolute atomic E-state index is 12.5. The van der Waals surface area contributed by atoms with E-state index < -0.39 is 0 Å². The van der Waals surface area contributed by atoms with E-state index in [1.54, 1.807) is 5.51 Å². The Labute approximate surface area is 138 Å². The van der Waals surface area contributed by atoms with Crippen molar-refractivity contribution < 1.29 is 4.79 Å². The molecule has 0 saturated carbocycles. The van der Waals surface area contributed by atoms with Crippen LogP contribution in [0.1, 0.15) is 40.6 Å². The summed E-state index contributed by atoms with van der Waals surface area (Å²) in [4.78, 5) is 26.8. The molecule has 3 heterocycles. The molecule has 0 radical (unpaired) electrons. The molecule has 1 fully saturated rings. The SMILES string of the molecule is Cc1cccc2[nH]c([C@@H]3CCCN(C(=O)c4cscn4)C3)nc12. The van der Waals surface area contributed by atoms with Crippen molar-refractivity contribution in [3.8, 4) is 0 Å². The quantitative estimate of drug-likeness (QED) is 0.785. The number of piperidine rings is 1. The number of hydrogen-bond acceptors (Lipinski definition) is 4. The van der Waals surface area contributed by atoms with Crippen LogP contribution in [0.25, 0.3) is 11.0 Å². The van der Waals surface area contributed by atoms with Crippen molar-refractivity contribution in [1.82, 2.24) is 19.9 Å². The van der Waals surface area contributed by atoms with Gasteiger partial charge < -0.3 is 9.88 Å². The number of benzene rings is 1. The first-order valence-corrected chi connectivity index (χ1v) is 8.79. The lowest BCUT2D eigenvalue weighted by atomic mass is 9.97. The number of imidazole rings is 1. The minimum Gasteiger partial charge on any atom is -0.342 e. The average Bonchev–Trinajstić information content (AvgIpc) is 3.24. The first kappa shape index (κ1) is 14.4. The number of amides is 1. The number of thiazole rings is 1. The molecule has 1 aromatic carbocycles. The molecule has 2 aromatic heterocycles. The van der Waals surface area contributed by atoms with E-state index in [1.165, 1.54) is 16.9 Å². The molecule has 23 heavy (non-hydrogen) atoms. The molecule has 118 valence electrons. The highest BCUT2D eigenvalue weighted by Crippen LogP contribution is 2.28. The third-order valence-electron chi connectivity index (χ3n) is 4.48. The number of nitrogens with one attached hydrogen (secondary N) is 1. The lowest BCUT2D eigenvalue weighted by molar-refractivity contribution is 0.0700. The summed E-state index contributed by atoms with van der Waals surface area (Å²) in [5, 5.41) is 1.82. The van der Waals surface area contributed by atoms with Gasteiger partial charge in [0.15, 0.2) is 0 Å². The summed E-state index contributed by atoms with van der Waals surface area (Å²) >= 11 is 1.46. The van der Waals surface area contributed by atoms with E-state index in [-0.39, 0.29) is 11.8 Å². The van der Waals surface area contributed by atoms with Gasteiger partial charge in [0.2, 0.25) is 0 Å². The second kappa shape index (κ2) is 5.77. The van der Waals surface area contributed by atoms with E-state index in [0.29, 0.717) is 12.2 Å². The van der Waals surface area contributed by atoms with Gasteiger partial charge in [-0.05, 0) is 31.4 Å². The monoisotopic (exact) mass is 326 g/mol. The van der Waals surface area contributed by atoms with Gasteiger partial charge in [-0.1, -0.05) is 12.1 Å². The zero-order chi connectivity index (χ0) is 15.8. The molecule has 6 heteroatoms. The van der Waals surface area contributed by atoms with Crippen molar-refractivity contribution in [1.29, 1.82) is 0 Å². The standard InChI is InChI=1S/C17H18N4OS/c1-11-4-2-6-13-15(11)20-16(19-13)12-5-3-7-21(8-12)17(22)14-9-23-10-18-14/h2,4,6,9-10,12H,3,5,7-8H2,1H3,(H,19,20)/t12-/m1/s1. The van der Waals surface area contributed by atoms with Gasteiger partial charge in [-0.3, -0.25) is 4.79 Å². The first-order valence-electron chi connectivity index (χ1n) is 7.85. The van der Waals surface area contributed by atoms with E-state index >= 15 is 0 Å². The van der Waals surface area contributed by atoms with Crippen LogP contribution in [0, 0.1) is 6.92 Å². The predicted molar refractivity (Wildman–Crippen MR) is 90.8 cm³/mol. The first-order chi connectivity index (χ1) is 11.2. The summed E-state index contributed by atoms with van der Waals surface area (Å²) in [5.41, 5.74) is 5.54. The van der Waals surface area contributed by atoms with Gasteiger partial charge in [-0.25, -0.2) is 9.97 Å². The fourth-order valence-electron chi connectivity index (χ4n) is 3.25. The topological polar surface area (TPSA) is 61.9 Å². The lowest BCUT2D eigenvalue weighted by Gasteiger charge is -2.31. The lowest BCUT2D eigenvalue weighted by Crippen LogP contribution is -2.39.